The fraction of sp³-hybridized carbons (Fsp3) is 0. The first-order chi connectivity index (χ1) is 10.3. The van der Waals surface area contributed by atoms with Crippen molar-refractivity contribution >= 4 is 27.4 Å². The smallest absolute Gasteiger partial charge is 0.0788 e. The summed E-state index contributed by atoms with van der Waals surface area (Å²) in [5.74, 6) is 0. The van der Waals surface area contributed by atoms with Gasteiger partial charge in [-0.15, -0.1) is 0 Å². The minimum atomic E-state index is 0.740. The number of rotatable bonds is 1. The first-order valence-electron chi connectivity index (χ1n) is 6.96. The Labute approximate surface area is 122 Å². The van der Waals surface area contributed by atoms with Crippen LogP contribution in [-0.4, -0.2) is 4.98 Å². The Kier molecular flexibility index (Phi) is 2.61. The summed E-state index contributed by atoms with van der Waals surface area (Å²) in [5.41, 5.74) is 9.72. The van der Waals surface area contributed by atoms with E-state index in [1.807, 2.05) is 30.3 Å². The van der Waals surface area contributed by atoms with Crippen molar-refractivity contribution in [3.05, 3.63) is 72.8 Å². The van der Waals surface area contributed by atoms with Gasteiger partial charge in [0.2, 0.25) is 0 Å². The van der Waals surface area contributed by atoms with Crippen LogP contribution in [0.4, 0.5) is 5.69 Å². The van der Waals surface area contributed by atoms with Crippen molar-refractivity contribution in [3.63, 3.8) is 0 Å². The Morgan fingerprint density at radius 3 is 2.19 bits per heavy atom. The van der Waals surface area contributed by atoms with Gasteiger partial charge in [0.05, 0.1) is 11.2 Å². The van der Waals surface area contributed by atoms with Crippen LogP contribution in [0.25, 0.3) is 32.9 Å². The lowest BCUT2D eigenvalue weighted by molar-refractivity contribution is 1.43. The van der Waals surface area contributed by atoms with E-state index in [-0.39, 0.29) is 0 Å². The maximum atomic E-state index is 5.92. The Bertz CT molecular complexity index is 943. The Morgan fingerprint density at radius 2 is 1.38 bits per heavy atom. The molecule has 0 spiro atoms. The van der Waals surface area contributed by atoms with E-state index in [2.05, 4.69) is 42.5 Å². The molecule has 0 radical (unpaired) electrons. The largest absolute Gasteiger partial charge is 0.399 e. The van der Waals surface area contributed by atoms with Crippen molar-refractivity contribution in [2.45, 2.75) is 0 Å². The molecule has 0 aliphatic rings. The molecule has 0 bridgehead atoms. The molecule has 0 saturated heterocycles. The molecular formula is C19H14N2. The molecule has 0 unspecified atom stereocenters. The lowest BCUT2D eigenvalue weighted by Gasteiger charge is -2.10. The molecular weight excluding hydrogens is 256 g/mol. The average molecular weight is 270 g/mol. The van der Waals surface area contributed by atoms with Crippen LogP contribution in [0.3, 0.4) is 0 Å². The molecule has 0 atom stereocenters. The fourth-order valence-electron chi connectivity index (χ4n) is 2.79. The third kappa shape index (κ3) is 1.93. The molecule has 2 heteroatoms. The zero-order chi connectivity index (χ0) is 14.2. The van der Waals surface area contributed by atoms with E-state index in [1.165, 1.54) is 10.8 Å². The molecule has 2 N–H and O–H groups in total. The van der Waals surface area contributed by atoms with Crippen molar-refractivity contribution < 1.29 is 0 Å². The number of pyridine rings is 1. The van der Waals surface area contributed by atoms with E-state index in [0.29, 0.717) is 0 Å². The van der Waals surface area contributed by atoms with E-state index < -0.39 is 0 Å². The molecule has 100 valence electrons. The van der Waals surface area contributed by atoms with Crippen LogP contribution in [-0.2, 0) is 0 Å². The molecule has 2 nitrogen and oxygen atoms in total. The van der Waals surface area contributed by atoms with Gasteiger partial charge in [0.1, 0.15) is 0 Å². The highest BCUT2D eigenvalue weighted by atomic mass is 14.7. The number of anilines is 1. The summed E-state index contributed by atoms with van der Waals surface area (Å²) < 4.78 is 0. The zero-order valence-electron chi connectivity index (χ0n) is 11.5. The number of hydrogen-bond acceptors (Lipinski definition) is 2. The van der Waals surface area contributed by atoms with E-state index in [1.54, 1.807) is 0 Å². The number of hydrogen-bond donors (Lipinski definition) is 1. The van der Waals surface area contributed by atoms with Gasteiger partial charge in [-0.05, 0) is 17.5 Å². The number of nitrogens with zero attached hydrogens (tertiary/aromatic N) is 1. The first-order valence-corrected chi connectivity index (χ1v) is 6.96. The predicted molar refractivity (Wildman–Crippen MR) is 89.1 cm³/mol. The molecule has 0 fully saturated rings. The van der Waals surface area contributed by atoms with E-state index in [0.717, 1.165) is 27.8 Å². The van der Waals surface area contributed by atoms with Crippen molar-refractivity contribution in [2.75, 3.05) is 5.73 Å². The van der Waals surface area contributed by atoms with Crippen molar-refractivity contribution in [1.82, 2.24) is 4.98 Å². The monoisotopic (exact) mass is 270 g/mol. The van der Waals surface area contributed by atoms with Gasteiger partial charge in [0.15, 0.2) is 0 Å². The van der Waals surface area contributed by atoms with Gasteiger partial charge >= 0.3 is 0 Å². The minimum absolute atomic E-state index is 0.740. The first kappa shape index (κ1) is 11.9. The fourth-order valence-corrected chi connectivity index (χ4v) is 2.79. The van der Waals surface area contributed by atoms with E-state index in [4.69, 9.17) is 10.7 Å². The number of benzene rings is 3. The summed E-state index contributed by atoms with van der Waals surface area (Å²) in [6.45, 7) is 0. The van der Waals surface area contributed by atoms with Gasteiger partial charge in [-0.2, -0.15) is 0 Å². The molecule has 3 aromatic carbocycles. The molecule has 1 heterocycles. The number of nitrogens with two attached hydrogens (primary N) is 1. The normalized spacial score (nSPS) is 11.0. The summed E-state index contributed by atoms with van der Waals surface area (Å²) >= 11 is 0. The SMILES string of the molecule is Nc1ccc2c(c1)nc(-c1ccccc1)c1ccccc12. The number of fused-ring (bicyclic) bond motifs is 3. The lowest BCUT2D eigenvalue weighted by atomic mass is 10.00. The topological polar surface area (TPSA) is 38.9 Å². The van der Waals surface area contributed by atoms with Crippen LogP contribution in [0, 0.1) is 0 Å². The Balaban J connectivity index is 2.18. The standard InChI is InChI=1S/C19H14N2/c20-14-10-11-16-15-8-4-5-9-17(15)19(21-18(16)12-14)13-6-2-1-3-7-13/h1-12H,20H2. The number of aromatic nitrogens is 1. The highest BCUT2D eigenvalue weighted by Gasteiger charge is 2.09. The maximum absolute atomic E-state index is 5.92. The second-order valence-electron chi connectivity index (χ2n) is 5.15. The van der Waals surface area contributed by atoms with Gasteiger partial charge in [-0.1, -0.05) is 60.7 Å². The van der Waals surface area contributed by atoms with Gasteiger partial charge in [0, 0.05) is 22.0 Å². The maximum Gasteiger partial charge on any atom is 0.0788 e. The van der Waals surface area contributed by atoms with Crippen LogP contribution < -0.4 is 5.73 Å². The summed E-state index contributed by atoms with van der Waals surface area (Å²) in [6, 6.07) is 24.6. The molecule has 4 aromatic rings. The van der Waals surface area contributed by atoms with Gasteiger partial charge < -0.3 is 5.73 Å². The quantitative estimate of drug-likeness (QED) is 0.404. The van der Waals surface area contributed by atoms with Gasteiger partial charge in [-0.25, -0.2) is 4.98 Å². The molecule has 0 saturated carbocycles. The molecule has 0 amide bonds. The third-order valence-electron chi connectivity index (χ3n) is 3.77. The van der Waals surface area contributed by atoms with Gasteiger partial charge in [0.25, 0.3) is 0 Å². The average Bonchev–Trinajstić information content (AvgIpc) is 2.54. The van der Waals surface area contributed by atoms with Crippen LogP contribution in [0.15, 0.2) is 72.8 Å². The third-order valence-corrected chi connectivity index (χ3v) is 3.77. The molecule has 0 aliphatic heterocycles. The van der Waals surface area contributed by atoms with Crippen LogP contribution >= 0.6 is 0 Å². The Hall–Kier alpha value is -2.87. The highest BCUT2D eigenvalue weighted by Crippen LogP contribution is 2.32. The van der Waals surface area contributed by atoms with Crippen molar-refractivity contribution in [3.8, 4) is 11.3 Å². The van der Waals surface area contributed by atoms with Crippen molar-refractivity contribution in [2.24, 2.45) is 0 Å². The summed E-state index contributed by atoms with van der Waals surface area (Å²) in [5, 5.41) is 3.52. The minimum Gasteiger partial charge on any atom is -0.399 e. The second-order valence-corrected chi connectivity index (χ2v) is 5.15. The molecule has 1 aromatic heterocycles. The molecule has 21 heavy (non-hydrogen) atoms. The molecule has 0 aliphatic carbocycles. The van der Waals surface area contributed by atoms with Crippen LogP contribution in [0.5, 0.6) is 0 Å². The highest BCUT2D eigenvalue weighted by molar-refractivity contribution is 6.11. The second kappa shape index (κ2) is 4.60. The predicted octanol–water partition coefficient (Wildman–Crippen LogP) is 4.64. The number of nitrogen functional groups attached to an aromatic ring is 1. The zero-order valence-corrected chi connectivity index (χ0v) is 11.5. The lowest BCUT2D eigenvalue weighted by Crippen LogP contribution is -1.91. The summed E-state index contributed by atoms with van der Waals surface area (Å²) in [7, 11) is 0. The van der Waals surface area contributed by atoms with Crippen molar-refractivity contribution in [1.29, 1.82) is 0 Å². The van der Waals surface area contributed by atoms with Crippen LogP contribution in [0.2, 0.25) is 0 Å². The van der Waals surface area contributed by atoms with E-state index in [9.17, 15) is 0 Å². The summed E-state index contributed by atoms with van der Waals surface area (Å²) in [6.07, 6.45) is 0. The van der Waals surface area contributed by atoms with Crippen LogP contribution in [0.1, 0.15) is 0 Å². The Morgan fingerprint density at radius 1 is 0.667 bits per heavy atom. The van der Waals surface area contributed by atoms with E-state index >= 15 is 0 Å². The van der Waals surface area contributed by atoms with Gasteiger partial charge in [-0.3, -0.25) is 0 Å². The molecule has 4 rings (SSSR count). The summed E-state index contributed by atoms with van der Waals surface area (Å²) in [4.78, 5) is 4.85.